The van der Waals surface area contributed by atoms with Gasteiger partial charge in [0.05, 0.1) is 6.04 Å². The van der Waals surface area contributed by atoms with Crippen LogP contribution in [0.2, 0.25) is 5.02 Å². The molecule has 7 nitrogen and oxygen atoms in total. The molecule has 2 N–H and O–H groups in total. The minimum atomic E-state index is -0.228. The Balaban J connectivity index is 1.40. The van der Waals surface area contributed by atoms with Crippen molar-refractivity contribution >= 4 is 46.4 Å². The molecule has 0 aliphatic carbocycles. The summed E-state index contributed by atoms with van der Waals surface area (Å²) in [5, 5.41) is 0.609. The van der Waals surface area contributed by atoms with Gasteiger partial charge < -0.3 is 20.4 Å². The first-order valence-corrected chi connectivity index (χ1v) is 13.7. The fourth-order valence-electron chi connectivity index (χ4n) is 5.89. The van der Waals surface area contributed by atoms with E-state index >= 15 is 0 Å². The van der Waals surface area contributed by atoms with E-state index in [1.54, 1.807) is 24.0 Å². The van der Waals surface area contributed by atoms with E-state index < -0.39 is 0 Å². The molecule has 5 rings (SSSR count). The van der Waals surface area contributed by atoms with Crippen molar-refractivity contribution in [2.24, 2.45) is 11.7 Å². The molecule has 0 saturated carbocycles. The lowest BCUT2D eigenvalue weighted by Gasteiger charge is -2.43. The van der Waals surface area contributed by atoms with Crippen LogP contribution in [0.4, 0.5) is 17.1 Å². The monoisotopic (exact) mass is 544 g/mol. The number of amides is 3. The molecule has 2 heterocycles. The molecule has 2 aliphatic rings. The second-order valence-electron chi connectivity index (χ2n) is 10.4. The van der Waals surface area contributed by atoms with E-state index in [0.29, 0.717) is 17.0 Å². The van der Waals surface area contributed by atoms with Crippen LogP contribution in [0.15, 0.2) is 72.8 Å². The number of piperidine rings is 1. The summed E-state index contributed by atoms with van der Waals surface area (Å²) >= 11 is 6.10. The number of nitrogens with zero attached hydrogens (tertiary/aromatic N) is 3. The zero-order valence-corrected chi connectivity index (χ0v) is 23.0. The van der Waals surface area contributed by atoms with E-state index in [1.165, 1.54) is 0 Å². The number of hydrogen-bond donors (Lipinski definition) is 1. The second kappa shape index (κ2) is 11.1. The highest BCUT2D eigenvalue weighted by molar-refractivity contribution is 6.30. The summed E-state index contributed by atoms with van der Waals surface area (Å²) in [6.07, 6.45) is 2.08. The zero-order valence-electron chi connectivity index (χ0n) is 22.2. The van der Waals surface area contributed by atoms with Crippen molar-refractivity contribution in [3.63, 3.8) is 0 Å². The van der Waals surface area contributed by atoms with Crippen molar-refractivity contribution in [1.29, 1.82) is 0 Å². The van der Waals surface area contributed by atoms with Gasteiger partial charge in [-0.1, -0.05) is 29.8 Å². The number of para-hydroxylation sites is 1. The molecule has 3 aromatic carbocycles. The molecular weight excluding hydrogens is 512 g/mol. The van der Waals surface area contributed by atoms with Gasteiger partial charge in [-0.25, -0.2) is 0 Å². The molecule has 0 aromatic heterocycles. The number of fused-ring (bicyclic) bond motifs is 1. The molecule has 3 amide bonds. The maximum atomic E-state index is 13.9. The number of halogens is 1. The molecule has 8 heteroatoms. The lowest BCUT2D eigenvalue weighted by molar-refractivity contribution is -0.122. The fourth-order valence-corrected chi connectivity index (χ4v) is 6.02. The van der Waals surface area contributed by atoms with Gasteiger partial charge in [-0.2, -0.15) is 0 Å². The van der Waals surface area contributed by atoms with Crippen LogP contribution in [0.3, 0.4) is 0 Å². The number of rotatable bonds is 5. The Hall–Kier alpha value is -3.84. The van der Waals surface area contributed by atoms with Crippen LogP contribution in [0.25, 0.3) is 0 Å². The Morgan fingerprint density at radius 2 is 1.56 bits per heavy atom. The first-order chi connectivity index (χ1) is 18.7. The van der Waals surface area contributed by atoms with Gasteiger partial charge in [0.25, 0.3) is 5.91 Å². The molecule has 0 bridgehead atoms. The molecule has 39 heavy (non-hydrogen) atoms. The number of benzene rings is 3. The fraction of sp³-hybridized carbons (Fsp3) is 0.323. The van der Waals surface area contributed by atoms with Gasteiger partial charge in [-0.05, 0) is 86.3 Å². The van der Waals surface area contributed by atoms with Gasteiger partial charge in [0, 0.05) is 59.6 Å². The number of carbonyl (C=O) groups is 3. The van der Waals surface area contributed by atoms with Crippen LogP contribution in [-0.4, -0.2) is 36.9 Å². The smallest absolute Gasteiger partial charge is 0.258 e. The van der Waals surface area contributed by atoms with Crippen molar-refractivity contribution in [1.82, 2.24) is 0 Å². The Morgan fingerprint density at radius 3 is 2.18 bits per heavy atom. The van der Waals surface area contributed by atoms with Gasteiger partial charge in [-0.15, -0.1) is 0 Å². The topological polar surface area (TPSA) is 87.0 Å². The lowest BCUT2D eigenvalue weighted by atomic mass is 9.89. The molecule has 202 valence electrons. The summed E-state index contributed by atoms with van der Waals surface area (Å²) in [6.45, 7) is 5.12. The zero-order chi connectivity index (χ0) is 27.7. The van der Waals surface area contributed by atoms with E-state index in [1.807, 2.05) is 72.5 Å². The van der Waals surface area contributed by atoms with Gasteiger partial charge >= 0.3 is 0 Å². The van der Waals surface area contributed by atoms with Crippen LogP contribution >= 0.6 is 11.6 Å². The van der Waals surface area contributed by atoms with Crippen LogP contribution in [0, 0.1) is 5.92 Å². The lowest BCUT2D eigenvalue weighted by Crippen LogP contribution is -2.47. The molecule has 0 radical (unpaired) electrons. The van der Waals surface area contributed by atoms with E-state index in [2.05, 4.69) is 4.90 Å². The largest absolute Gasteiger partial charge is 0.371 e. The summed E-state index contributed by atoms with van der Waals surface area (Å²) in [6, 6.07) is 22.4. The van der Waals surface area contributed by atoms with Gasteiger partial charge in [0.1, 0.15) is 0 Å². The normalized spacial score (nSPS) is 19.4. The Morgan fingerprint density at radius 1 is 0.923 bits per heavy atom. The molecule has 0 spiro atoms. The quantitative estimate of drug-likeness (QED) is 0.454. The summed E-state index contributed by atoms with van der Waals surface area (Å²) in [7, 11) is 0. The number of hydrogen-bond acceptors (Lipinski definition) is 4. The number of primary amides is 1. The third kappa shape index (κ3) is 5.36. The molecule has 1 fully saturated rings. The second-order valence-corrected chi connectivity index (χ2v) is 10.8. The average Bonchev–Trinajstić information content (AvgIpc) is 2.94. The first kappa shape index (κ1) is 26.8. The third-order valence-electron chi connectivity index (χ3n) is 7.91. The highest BCUT2D eigenvalue weighted by Gasteiger charge is 2.38. The molecule has 0 unspecified atom stereocenters. The van der Waals surface area contributed by atoms with Crippen molar-refractivity contribution in [2.75, 3.05) is 27.8 Å². The molecule has 2 atom stereocenters. The first-order valence-electron chi connectivity index (χ1n) is 13.4. The maximum absolute atomic E-state index is 13.9. The molecular formula is C31H33ClN4O3. The predicted octanol–water partition coefficient (Wildman–Crippen LogP) is 5.57. The minimum Gasteiger partial charge on any atom is -0.371 e. The van der Waals surface area contributed by atoms with Crippen molar-refractivity contribution in [3.8, 4) is 0 Å². The standard InChI is InChI=1S/C31H33ClN4O3/c1-20-19-29(36(21(2)37)26-13-9-24(32)10-14-26)27-5-3-4-6-28(27)35(20)31(39)23-7-11-25(12-8-23)34-17-15-22(16-18-34)30(33)38/h3-14,20,22,29H,15-19H2,1-2H3,(H2,33,38)/t20-,29+/m0/s1. The van der Waals surface area contributed by atoms with Crippen LogP contribution in [0.1, 0.15) is 55.1 Å². The highest BCUT2D eigenvalue weighted by atomic mass is 35.5. The number of carbonyl (C=O) groups excluding carboxylic acids is 3. The SMILES string of the molecule is CC(=O)N(c1ccc(Cl)cc1)[C@@H]1C[C@H](C)N(C(=O)c2ccc(N3CCC(C(N)=O)CC3)cc2)c2ccccc21. The van der Waals surface area contributed by atoms with Crippen molar-refractivity contribution in [3.05, 3.63) is 88.9 Å². The van der Waals surface area contributed by atoms with Crippen molar-refractivity contribution < 1.29 is 14.4 Å². The summed E-state index contributed by atoms with van der Waals surface area (Å²) < 4.78 is 0. The van der Waals surface area contributed by atoms with Crippen LogP contribution in [0.5, 0.6) is 0 Å². The highest BCUT2D eigenvalue weighted by Crippen LogP contribution is 2.43. The minimum absolute atomic E-state index is 0.0646. The number of nitrogens with two attached hydrogens (primary N) is 1. The Labute approximate surface area is 234 Å². The average molecular weight is 545 g/mol. The van der Waals surface area contributed by atoms with Crippen LogP contribution < -0.4 is 20.4 Å². The maximum Gasteiger partial charge on any atom is 0.258 e. The van der Waals surface area contributed by atoms with Crippen molar-refractivity contribution in [2.45, 2.75) is 45.2 Å². The predicted molar refractivity (Wildman–Crippen MR) is 155 cm³/mol. The summed E-state index contributed by atoms with van der Waals surface area (Å²) in [5.41, 5.74) is 9.62. The van der Waals surface area contributed by atoms with Gasteiger partial charge in [-0.3, -0.25) is 14.4 Å². The third-order valence-corrected chi connectivity index (χ3v) is 8.16. The molecule has 3 aromatic rings. The van der Waals surface area contributed by atoms with Gasteiger partial charge in [0.2, 0.25) is 11.8 Å². The van der Waals surface area contributed by atoms with E-state index in [-0.39, 0.29) is 35.7 Å². The number of anilines is 3. The van der Waals surface area contributed by atoms with Gasteiger partial charge in [0.15, 0.2) is 0 Å². The van der Waals surface area contributed by atoms with E-state index in [4.69, 9.17) is 17.3 Å². The van der Waals surface area contributed by atoms with E-state index in [9.17, 15) is 14.4 Å². The molecule has 1 saturated heterocycles. The van der Waals surface area contributed by atoms with E-state index in [0.717, 1.165) is 48.6 Å². The van der Waals surface area contributed by atoms with Crippen LogP contribution in [-0.2, 0) is 9.59 Å². The Bertz CT molecular complexity index is 1370. The summed E-state index contributed by atoms with van der Waals surface area (Å²) in [5.74, 6) is -0.439. The Kier molecular flexibility index (Phi) is 7.62. The summed E-state index contributed by atoms with van der Waals surface area (Å²) in [4.78, 5) is 44.1. The molecule has 2 aliphatic heterocycles.